The first-order valence-corrected chi connectivity index (χ1v) is 13.5. The molecule has 1 N–H and O–H groups in total. The minimum atomic E-state index is 0.101. The van der Waals surface area contributed by atoms with Crippen molar-refractivity contribution >= 4 is 5.91 Å². The van der Waals surface area contributed by atoms with Crippen molar-refractivity contribution in [2.24, 2.45) is 0 Å². The van der Waals surface area contributed by atoms with Crippen LogP contribution in [0.3, 0.4) is 0 Å². The van der Waals surface area contributed by atoms with Crippen LogP contribution in [0.4, 0.5) is 0 Å². The summed E-state index contributed by atoms with van der Waals surface area (Å²) in [6, 6.07) is 17.6. The minimum Gasteiger partial charge on any atom is -0.508 e. The van der Waals surface area contributed by atoms with E-state index in [1.165, 1.54) is 5.56 Å². The third kappa shape index (κ3) is 8.38. The maximum atomic E-state index is 13.1. The second-order valence-electron chi connectivity index (χ2n) is 10.9. The van der Waals surface area contributed by atoms with E-state index in [9.17, 15) is 9.90 Å². The summed E-state index contributed by atoms with van der Waals surface area (Å²) in [6.45, 7) is 18.4. The van der Waals surface area contributed by atoms with Crippen LogP contribution in [0.5, 0.6) is 5.75 Å². The molecule has 0 heterocycles. The van der Waals surface area contributed by atoms with Gasteiger partial charge in [0.25, 0.3) is 0 Å². The van der Waals surface area contributed by atoms with Gasteiger partial charge in [-0.25, -0.2) is 0 Å². The van der Waals surface area contributed by atoms with E-state index in [1.54, 1.807) is 6.07 Å². The Balaban J connectivity index is 2.24. The lowest BCUT2D eigenvalue weighted by molar-refractivity contribution is -0.134. The highest BCUT2D eigenvalue weighted by Crippen LogP contribution is 2.36. The molecule has 35 heavy (non-hydrogen) atoms. The molecule has 0 saturated carbocycles. The summed E-state index contributed by atoms with van der Waals surface area (Å²) < 4.78 is 0. The van der Waals surface area contributed by atoms with Crippen LogP contribution in [0.1, 0.15) is 97.3 Å². The topological polar surface area (TPSA) is 43.8 Å². The van der Waals surface area contributed by atoms with Crippen LogP contribution in [0.15, 0.2) is 48.5 Å². The SMILES string of the molecule is CC(C)N(CCCCC(c1ccccc1)c1cc(CC(=O)N(C(C)C)C(C)C)ccc1O)C(C)C. The van der Waals surface area contributed by atoms with Crippen molar-refractivity contribution in [2.45, 2.75) is 111 Å². The number of aromatic hydroxyl groups is 1. The van der Waals surface area contributed by atoms with Crippen LogP contribution < -0.4 is 0 Å². The van der Waals surface area contributed by atoms with Crippen molar-refractivity contribution in [3.8, 4) is 5.75 Å². The van der Waals surface area contributed by atoms with E-state index >= 15 is 0 Å². The van der Waals surface area contributed by atoms with Gasteiger partial charge in [0.2, 0.25) is 5.91 Å². The van der Waals surface area contributed by atoms with Gasteiger partial charge in [-0.15, -0.1) is 0 Å². The van der Waals surface area contributed by atoms with Gasteiger partial charge in [0, 0.05) is 35.6 Å². The Kier molecular flexibility index (Phi) is 11.3. The summed E-state index contributed by atoms with van der Waals surface area (Å²) in [5.74, 6) is 0.542. The number of benzene rings is 2. The number of hydrogen-bond donors (Lipinski definition) is 1. The molecular weight excluding hydrogens is 432 g/mol. The van der Waals surface area contributed by atoms with E-state index in [0.29, 0.717) is 24.3 Å². The fourth-order valence-electron chi connectivity index (χ4n) is 5.37. The lowest BCUT2D eigenvalue weighted by Crippen LogP contribution is -2.42. The lowest BCUT2D eigenvalue weighted by Gasteiger charge is -2.31. The molecule has 4 nitrogen and oxygen atoms in total. The molecule has 1 amide bonds. The molecule has 0 aliphatic carbocycles. The Morgan fingerprint density at radius 3 is 1.94 bits per heavy atom. The van der Waals surface area contributed by atoms with Crippen molar-refractivity contribution in [2.75, 3.05) is 6.54 Å². The first-order valence-electron chi connectivity index (χ1n) is 13.5. The molecule has 0 fully saturated rings. The predicted octanol–water partition coefficient (Wildman–Crippen LogP) is 7.00. The maximum Gasteiger partial charge on any atom is 0.227 e. The van der Waals surface area contributed by atoms with Gasteiger partial charge in [-0.05, 0) is 92.0 Å². The Hall–Kier alpha value is -2.33. The zero-order valence-electron chi connectivity index (χ0n) is 23.3. The van der Waals surface area contributed by atoms with Gasteiger partial charge in [0.05, 0.1) is 6.42 Å². The summed E-state index contributed by atoms with van der Waals surface area (Å²) in [4.78, 5) is 17.6. The molecular formula is C31H48N2O2. The third-order valence-corrected chi connectivity index (χ3v) is 6.91. The van der Waals surface area contributed by atoms with E-state index in [2.05, 4.69) is 90.6 Å². The van der Waals surface area contributed by atoms with Gasteiger partial charge in [-0.3, -0.25) is 9.69 Å². The van der Waals surface area contributed by atoms with Gasteiger partial charge in [0.1, 0.15) is 5.75 Å². The third-order valence-electron chi connectivity index (χ3n) is 6.91. The van der Waals surface area contributed by atoms with Gasteiger partial charge in [0.15, 0.2) is 0 Å². The molecule has 1 atom stereocenters. The fourth-order valence-corrected chi connectivity index (χ4v) is 5.37. The second kappa shape index (κ2) is 13.7. The molecule has 2 rings (SSSR count). The monoisotopic (exact) mass is 480 g/mol. The number of phenolic OH excluding ortho intramolecular Hbond substituents is 1. The molecule has 0 aliphatic heterocycles. The van der Waals surface area contributed by atoms with Crippen molar-refractivity contribution < 1.29 is 9.90 Å². The second-order valence-corrected chi connectivity index (χ2v) is 10.9. The van der Waals surface area contributed by atoms with E-state index in [4.69, 9.17) is 0 Å². The summed E-state index contributed by atoms with van der Waals surface area (Å²) in [6.07, 6.45) is 3.51. The van der Waals surface area contributed by atoms with Crippen LogP contribution in [0.25, 0.3) is 0 Å². The first kappa shape index (κ1) is 28.9. The molecule has 2 aromatic rings. The number of carbonyl (C=O) groups is 1. The van der Waals surface area contributed by atoms with Crippen molar-refractivity contribution in [3.05, 3.63) is 65.2 Å². The van der Waals surface area contributed by atoms with Gasteiger partial charge < -0.3 is 10.0 Å². The molecule has 0 aromatic heterocycles. The van der Waals surface area contributed by atoms with Crippen molar-refractivity contribution in [1.82, 2.24) is 9.80 Å². The summed E-state index contributed by atoms with van der Waals surface area (Å²) in [5.41, 5.74) is 3.09. The van der Waals surface area contributed by atoms with Crippen LogP contribution in [0, 0.1) is 0 Å². The van der Waals surface area contributed by atoms with E-state index in [-0.39, 0.29) is 23.9 Å². The summed E-state index contributed by atoms with van der Waals surface area (Å²) >= 11 is 0. The molecule has 2 aromatic carbocycles. The first-order chi connectivity index (χ1) is 16.5. The summed E-state index contributed by atoms with van der Waals surface area (Å²) in [5, 5.41) is 10.9. The average Bonchev–Trinajstić information content (AvgIpc) is 2.77. The normalized spacial score (nSPS) is 12.8. The molecule has 4 heteroatoms. The van der Waals surface area contributed by atoms with E-state index in [1.807, 2.05) is 17.0 Å². The Morgan fingerprint density at radius 2 is 1.40 bits per heavy atom. The number of rotatable bonds is 13. The van der Waals surface area contributed by atoms with Crippen LogP contribution in [0.2, 0.25) is 0 Å². The highest BCUT2D eigenvalue weighted by atomic mass is 16.3. The quantitative estimate of drug-likeness (QED) is 0.314. The van der Waals surface area contributed by atoms with E-state index in [0.717, 1.165) is 36.9 Å². The zero-order chi connectivity index (χ0) is 26.1. The number of amides is 1. The van der Waals surface area contributed by atoms with Gasteiger partial charge >= 0.3 is 0 Å². The minimum absolute atomic E-state index is 0.101. The smallest absolute Gasteiger partial charge is 0.227 e. The number of hydrogen-bond acceptors (Lipinski definition) is 3. The van der Waals surface area contributed by atoms with Crippen molar-refractivity contribution in [3.63, 3.8) is 0 Å². The molecule has 0 spiro atoms. The highest BCUT2D eigenvalue weighted by Gasteiger charge is 2.23. The van der Waals surface area contributed by atoms with Crippen LogP contribution >= 0.6 is 0 Å². The number of phenols is 1. The van der Waals surface area contributed by atoms with Gasteiger partial charge in [-0.2, -0.15) is 0 Å². The lowest BCUT2D eigenvalue weighted by atomic mass is 9.85. The molecule has 0 saturated heterocycles. The predicted molar refractivity (Wildman–Crippen MR) is 148 cm³/mol. The Bertz CT molecular complexity index is 889. The largest absolute Gasteiger partial charge is 0.508 e. The average molecular weight is 481 g/mol. The highest BCUT2D eigenvalue weighted by molar-refractivity contribution is 5.79. The Labute approximate surface area is 214 Å². The molecule has 0 radical (unpaired) electrons. The molecule has 0 aliphatic rings. The summed E-state index contributed by atoms with van der Waals surface area (Å²) in [7, 11) is 0. The zero-order valence-corrected chi connectivity index (χ0v) is 23.3. The fraction of sp³-hybridized carbons (Fsp3) is 0.581. The maximum absolute atomic E-state index is 13.1. The Morgan fingerprint density at radius 1 is 0.800 bits per heavy atom. The number of carbonyl (C=O) groups excluding carboxylic acids is 1. The molecule has 0 bridgehead atoms. The number of unbranched alkanes of at least 4 members (excludes halogenated alkanes) is 1. The standard InChI is InChI=1S/C31H48N2O2/c1-22(2)32(23(3)4)19-13-12-16-28(27-14-10-9-11-15-27)29-20-26(17-18-30(29)34)21-31(35)33(24(5)6)25(7)8/h9-11,14-15,17-18,20,22-25,28,34H,12-13,16,19,21H2,1-8H3. The molecule has 1 unspecified atom stereocenters. The number of nitrogens with zero attached hydrogens (tertiary/aromatic N) is 2. The van der Waals surface area contributed by atoms with Gasteiger partial charge in [-0.1, -0.05) is 48.9 Å². The molecule has 194 valence electrons. The van der Waals surface area contributed by atoms with E-state index < -0.39 is 0 Å². The van der Waals surface area contributed by atoms with Crippen LogP contribution in [-0.2, 0) is 11.2 Å². The van der Waals surface area contributed by atoms with Crippen LogP contribution in [-0.4, -0.2) is 51.5 Å². The van der Waals surface area contributed by atoms with Crippen molar-refractivity contribution in [1.29, 1.82) is 0 Å².